The van der Waals surface area contributed by atoms with Crippen LogP contribution in [0.5, 0.6) is 0 Å². The molecule has 0 saturated carbocycles. The molecular weight excluding hydrogens is 454 g/mol. The molecule has 0 spiro atoms. The first-order chi connectivity index (χ1) is 16.3. The fourth-order valence-electron chi connectivity index (χ4n) is 3.84. The molecule has 0 bridgehead atoms. The van der Waals surface area contributed by atoms with Gasteiger partial charge < -0.3 is 10.1 Å². The van der Waals surface area contributed by atoms with Crippen molar-refractivity contribution in [1.29, 1.82) is 0 Å². The van der Waals surface area contributed by atoms with Crippen LogP contribution in [-0.4, -0.2) is 38.7 Å². The minimum absolute atomic E-state index is 0.000217. The predicted octanol–water partition coefficient (Wildman–Crippen LogP) is 3.36. The van der Waals surface area contributed by atoms with Crippen LogP contribution in [0.1, 0.15) is 45.2 Å². The number of hydrogen-bond acceptors (Lipinski definition) is 6. The van der Waals surface area contributed by atoms with Gasteiger partial charge >= 0.3 is 5.97 Å². The first kappa shape index (κ1) is 23.4. The molecule has 3 aromatic carbocycles. The first-order valence-corrected chi connectivity index (χ1v) is 12.3. The zero-order valence-corrected chi connectivity index (χ0v) is 19.3. The SMILES string of the molecule is C[C@@H](CCc1ccccc1)NC(=O)COC(=O)c1ccc2c(c1)S(=O)(=O)c1ccccc1C2=O. The number of aryl methyl sites for hydroxylation is 1. The van der Waals surface area contributed by atoms with E-state index in [9.17, 15) is 22.8 Å². The molecule has 1 aliphatic rings. The second kappa shape index (κ2) is 9.61. The van der Waals surface area contributed by atoms with E-state index in [0.29, 0.717) is 0 Å². The molecule has 0 radical (unpaired) electrons. The molecule has 7 nitrogen and oxygen atoms in total. The Morgan fingerprint density at radius 1 is 0.912 bits per heavy atom. The first-order valence-electron chi connectivity index (χ1n) is 10.8. The van der Waals surface area contributed by atoms with Crippen LogP contribution in [0.3, 0.4) is 0 Å². The summed E-state index contributed by atoms with van der Waals surface area (Å²) < 4.78 is 31.1. The summed E-state index contributed by atoms with van der Waals surface area (Å²) in [5.41, 5.74) is 1.21. The van der Waals surface area contributed by atoms with Gasteiger partial charge in [-0.25, -0.2) is 13.2 Å². The van der Waals surface area contributed by atoms with Gasteiger partial charge in [0.2, 0.25) is 9.84 Å². The number of ketones is 1. The van der Waals surface area contributed by atoms with Crippen molar-refractivity contribution in [2.24, 2.45) is 0 Å². The van der Waals surface area contributed by atoms with E-state index in [-0.39, 0.29) is 32.5 Å². The highest BCUT2D eigenvalue weighted by atomic mass is 32.2. The van der Waals surface area contributed by atoms with E-state index in [1.54, 1.807) is 6.07 Å². The second-order valence-corrected chi connectivity index (χ2v) is 10.00. The number of benzene rings is 3. The minimum atomic E-state index is -3.97. The molecule has 1 heterocycles. The van der Waals surface area contributed by atoms with Gasteiger partial charge in [0.05, 0.1) is 15.4 Å². The predicted molar refractivity (Wildman–Crippen MR) is 124 cm³/mol. The molecule has 0 saturated heterocycles. The molecule has 8 heteroatoms. The molecule has 1 aliphatic heterocycles. The number of carbonyl (C=O) groups is 3. The Balaban J connectivity index is 1.38. The van der Waals surface area contributed by atoms with Crippen LogP contribution in [-0.2, 0) is 25.8 Å². The molecule has 3 aromatic rings. The third-order valence-corrected chi connectivity index (χ3v) is 7.48. The number of carbonyl (C=O) groups excluding carboxylic acids is 3. The lowest BCUT2D eigenvalue weighted by Gasteiger charge is -2.19. The van der Waals surface area contributed by atoms with Crippen molar-refractivity contribution in [2.45, 2.75) is 35.6 Å². The van der Waals surface area contributed by atoms with Crippen molar-refractivity contribution in [3.8, 4) is 0 Å². The maximum absolute atomic E-state index is 13.0. The zero-order chi connectivity index (χ0) is 24.3. The quantitative estimate of drug-likeness (QED) is 0.409. The summed E-state index contributed by atoms with van der Waals surface area (Å²) in [6.45, 7) is 1.37. The van der Waals surface area contributed by atoms with Gasteiger partial charge in [0.15, 0.2) is 12.4 Å². The van der Waals surface area contributed by atoms with E-state index < -0.39 is 34.1 Å². The number of fused-ring (bicyclic) bond motifs is 2. The summed E-state index contributed by atoms with van der Waals surface area (Å²) >= 11 is 0. The molecule has 0 unspecified atom stereocenters. The van der Waals surface area contributed by atoms with E-state index in [4.69, 9.17) is 4.74 Å². The molecule has 1 atom stereocenters. The van der Waals surface area contributed by atoms with Gasteiger partial charge in [0.25, 0.3) is 5.91 Å². The van der Waals surface area contributed by atoms with Crippen molar-refractivity contribution in [3.63, 3.8) is 0 Å². The molecule has 0 aromatic heterocycles. The highest BCUT2D eigenvalue weighted by Gasteiger charge is 2.35. The molecule has 0 fully saturated rings. The second-order valence-electron chi connectivity index (χ2n) is 8.11. The standard InChI is InChI=1S/C26H23NO6S/c1-17(11-12-18-7-3-2-4-8-18)27-24(28)16-33-26(30)19-13-14-21-23(15-19)34(31,32)22-10-6-5-9-20(22)25(21)29/h2-10,13-15,17H,11-12,16H2,1H3,(H,27,28)/t17-/m0/s1. The van der Waals surface area contributed by atoms with Gasteiger partial charge in [-0.1, -0.05) is 42.5 Å². The van der Waals surface area contributed by atoms with Crippen LogP contribution < -0.4 is 5.32 Å². The lowest BCUT2D eigenvalue weighted by atomic mass is 10.0. The molecule has 4 rings (SSSR count). The average Bonchev–Trinajstić information content (AvgIpc) is 2.85. The number of hydrogen-bond donors (Lipinski definition) is 1. The van der Waals surface area contributed by atoms with Gasteiger partial charge in [-0.05, 0) is 55.7 Å². The smallest absolute Gasteiger partial charge is 0.338 e. The van der Waals surface area contributed by atoms with Crippen molar-refractivity contribution >= 4 is 27.5 Å². The van der Waals surface area contributed by atoms with Gasteiger partial charge in [0.1, 0.15) is 0 Å². The summed E-state index contributed by atoms with van der Waals surface area (Å²) in [5.74, 6) is -1.73. The van der Waals surface area contributed by atoms with Gasteiger partial charge in [-0.3, -0.25) is 9.59 Å². The van der Waals surface area contributed by atoms with Crippen LogP contribution in [0.2, 0.25) is 0 Å². The Kier molecular flexibility index (Phi) is 6.61. The maximum atomic E-state index is 13.0. The zero-order valence-electron chi connectivity index (χ0n) is 18.5. The molecule has 1 N–H and O–H groups in total. The van der Waals surface area contributed by atoms with E-state index in [0.717, 1.165) is 18.9 Å². The Hall–Kier alpha value is -3.78. The molecule has 0 aliphatic carbocycles. The number of ether oxygens (including phenoxy) is 1. The van der Waals surface area contributed by atoms with Crippen molar-refractivity contribution in [3.05, 3.63) is 95.1 Å². The van der Waals surface area contributed by atoms with E-state index in [2.05, 4.69) is 5.32 Å². The molecule has 174 valence electrons. The normalized spacial score (nSPS) is 14.4. The van der Waals surface area contributed by atoms with Gasteiger partial charge in [-0.15, -0.1) is 0 Å². The fraction of sp³-hybridized carbons (Fsp3) is 0.192. The summed E-state index contributed by atoms with van der Waals surface area (Å²) in [6, 6.07) is 19.5. The highest BCUT2D eigenvalue weighted by molar-refractivity contribution is 7.91. The Morgan fingerprint density at radius 2 is 1.59 bits per heavy atom. The Morgan fingerprint density at radius 3 is 2.35 bits per heavy atom. The largest absolute Gasteiger partial charge is 0.452 e. The highest BCUT2D eigenvalue weighted by Crippen LogP contribution is 2.34. The van der Waals surface area contributed by atoms with Gasteiger partial charge in [0, 0.05) is 17.2 Å². The number of nitrogens with one attached hydrogen (secondary N) is 1. The van der Waals surface area contributed by atoms with Crippen molar-refractivity contribution in [2.75, 3.05) is 6.61 Å². The third kappa shape index (κ3) is 4.77. The monoisotopic (exact) mass is 477 g/mol. The van der Waals surface area contributed by atoms with Crippen LogP contribution in [0.25, 0.3) is 0 Å². The van der Waals surface area contributed by atoms with Crippen LogP contribution in [0.15, 0.2) is 82.6 Å². The molecule has 1 amide bonds. The topological polar surface area (TPSA) is 107 Å². The minimum Gasteiger partial charge on any atom is -0.452 e. The lowest BCUT2D eigenvalue weighted by molar-refractivity contribution is -0.124. The van der Waals surface area contributed by atoms with E-state index >= 15 is 0 Å². The Labute approximate surface area is 197 Å². The number of esters is 1. The molecular formula is C26H23NO6S. The van der Waals surface area contributed by atoms with Gasteiger partial charge in [-0.2, -0.15) is 0 Å². The third-order valence-electron chi connectivity index (χ3n) is 5.62. The van der Waals surface area contributed by atoms with E-state index in [1.165, 1.54) is 35.9 Å². The van der Waals surface area contributed by atoms with Crippen LogP contribution in [0.4, 0.5) is 0 Å². The summed E-state index contributed by atoms with van der Waals surface area (Å²) in [5, 5.41) is 2.78. The summed E-state index contributed by atoms with van der Waals surface area (Å²) in [7, 11) is -3.97. The number of sulfone groups is 1. The van der Waals surface area contributed by atoms with Crippen molar-refractivity contribution < 1.29 is 27.5 Å². The molecule has 34 heavy (non-hydrogen) atoms. The van der Waals surface area contributed by atoms with E-state index in [1.807, 2.05) is 37.3 Å². The van der Waals surface area contributed by atoms with Crippen LogP contribution in [0, 0.1) is 0 Å². The maximum Gasteiger partial charge on any atom is 0.338 e. The number of amides is 1. The average molecular weight is 478 g/mol. The summed E-state index contributed by atoms with van der Waals surface area (Å²) in [6.07, 6.45) is 1.52. The summed E-state index contributed by atoms with van der Waals surface area (Å²) in [4.78, 5) is 37.0. The Bertz CT molecular complexity index is 1370. The van der Waals surface area contributed by atoms with Crippen molar-refractivity contribution in [1.82, 2.24) is 5.32 Å². The number of rotatable bonds is 7. The van der Waals surface area contributed by atoms with Crippen LogP contribution >= 0.6 is 0 Å². The fourth-order valence-corrected chi connectivity index (χ4v) is 5.52. The lowest BCUT2D eigenvalue weighted by Crippen LogP contribution is -2.36.